The molecular formula is C28H36N2O2. The van der Waals surface area contributed by atoms with Crippen LogP contribution in [0.15, 0.2) is 66.7 Å². The van der Waals surface area contributed by atoms with E-state index in [-0.39, 0.29) is 0 Å². The molecule has 170 valence electrons. The summed E-state index contributed by atoms with van der Waals surface area (Å²) >= 11 is 0. The van der Waals surface area contributed by atoms with E-state index in [1.54, 1.807) is 0 Å². The van der Waals surface area contributed by atoms with Crippen molar-refractivity contribution in [2.45, 2.75) is 59.5 Å². The zero-order chi connectivity index (χ0) is 22.6. The van der Waals surface area contributed by atoms with Crippen molar-refractivity contribution in [1.82, 2.24) is 4.98 Å². The molecule has 1 heterocycles. The Kier molecular flexibility index (Phi) is 9.42. The topological polar surface area (TPSA) is 43.4 Å². The van der Waals surface area contributed by atoms with Crippen LogP contribution in [0.2, 0.25) is 0 Å². The van der Waals surface area contributed by atoms with Gasteiger partial charge in [0, 0.05) is 11.8 Å². The molecule has 3 aromatic rings. The fourth-order valence-corrected chi connectivity index (χ4v) is 3.82. The van der Waals surface area contributed by atoms with Gasteiger partial charge in [0.05, 0.1) is 6.61 Å². The summed E-state index contributed by atoms with van der Waals surface area (Å²) in [5, 5.41) is 3.40. The van der Waals surface area contributed by atoms with Crippen LogP contribution in [0.25, 0.3) is 0 Å². The third kappa shape index (κ3) is 7.60. The van der Waals surface area contributed by atoms with Crippen molar-refractivity contribution in [2.24, 2.45) is 5.92 Å². The molecule has 0 aliphatic carbocycles. The van der Waals surface area contributed by atoms with Crippen LogP contribution in [0.4, 0.5) is 11.5 Å². The van der Waals surface area contributed by atoms with Gasteiger partial charge in [0.2, 0.25) is 5.88 Å². The lowest BCUT2D eigenvalue weighted by Gasteiger charge is -2.14. The Hall–Kier alpha value is -3.01. The number of nitrogens with one attached hydrogen (secondary N) is 1. The summed E-state index contributed by atoms with van der Waals surface area (Å²) in [5.74, 6) is 3.11. The van der Waals surface area contributed by atoms with Crippen LogP contribution in [0, 0.1) is 12.8 Å². The van der Waals surface area contributed by atoms with Gasteiger partial charge >= 0.3 is 0 Å². The molecule has 0 radical (unpaired) electrons. The van der Waals surface area contributed by atoms with Crippen molar-refractivity contribution in [2.75, 3.05) is 11.9 Å². The summed E-state index contributed by atoms with van der Waals surface area (Å²) in [7, 11) is 0. The highest BCUT2D eigenvalue weighted by atomic mass is 16.5. The maximum absolute atomic E-state index is 5.93. The fraction of sp³-hybridized carbons (Fsp3) is 0.393. The van der Waals surface area contributed by atoms with E-state index in [2.05, 4.69) is 43.2 Å². The lowest BCUT2D eigenvalue weighted by atomic mass is 9.96. The average molecular weight is 433 g/mol. The largest absolute Gasteiger partial charge is 0.489 e. The summed E-state index contributed by atoms with van der Waals surface area (Å²) in [6.45, 7) is 7.88. The summed E-state index contributed by atoms with van der Waals surface area (Å²) < 4.78 is 11.8. The van der Waals surface area contributed by atoms with E-state index in [4.69, 9.17) is 9.47 Å². The first-order valence-electron chi connectivity index (χ1n) is 11.8. The molecule has 4 heteroatoms. The van der Waals surface area contributed by atoms with Gasteiger partial charge in [0.1, 0.15) is 18.2 Å². The van der Waals surface area contributed by atoms with E-state index >= 15 is 0 Å². The van der Waals surface area contributed by atoms with E-state index < -0.39 is 0 Å². The van der Waals surface area contributed by atoms with Gasteiger partial charge in [0.25, 0.3) is 0 Å². The zero-order valence-electron chi connectivity index (χ0n) is 19.6. The van der Waals surface area contributed by atoms with Gasteiger partial charge in [-0.25, -0.2) is 0 Å². The van der Waals surface area contributed by atoms with Crippen LogP contribution in [-0.4, -0.2) is 11.6 Å². The molecule has 1 atom stereocenters. The van der Waals surface area contributed by atoms with Crippen molar-refractivity contribution in [1.29, 1.82) is 0 Å². The molecule has 3 rings (SSSR count). The number of aryl methyl sites for hydroxylation is 1. The molecule has 1 N–H and O–H groups in total. The van der Waals surface area contributed by atoms with Gasteiger partial charge < -0.3 is 14.8 Å². The summed E-state index contributed by atoms with van der Waals surface area (Å²) in [4.78, 5) is 4.62. The molecule has 0 saturated heterocycles. The van der Waals surface area contributed by atoms with Crippen molar-refractivity contribution in [3.05, 3.63) is 77.9 Å². The Bertz CT molecular complexity index is 943. The fourth-order valence-electron chi connectivity index (χ4n) is 3.82. The molecule has 32 heavy (non-hydrogen) atoms. The van der Waals surface area contributed by atoms with Crippen LogP contribution in [0.1, 0.15) is 57.1 Å². The molecule has 0 fully saturated rings. The zero-order valence-corrected chi connectivity index (χ0v) is 19.6. The molecular weight excluding hydrogens is 396 g/mol. The van der Waals surface area contributed by atoms with E-state index in [0.29, 0.717) is 19.1 Å². The van der Waals surface area contributed by atoms with E-state index in [1.165, 1.54) is 25.7 Å². The van der Waals surface area contributed by atoms with Gasteiger partial charge in [-0.2, -0.15) is 4.98 Å². The lowest BCUT2D eigenvalue weighted by Crippen LogP contribution is -2.05. The molecule has 0 amide bonds. The maximum Gasteiger partial charge on any atom is 0.215 e. The molecule has 0 aliphatic rings. The minimum absolute atomic E-state index is 0.561. The lowest BCUT2D eigenvalue weighted by molar-refractivity contribution is 0.277. The summed E-state index contributed by atoms with van der Waals surface area (Å²) in [5.41, 5.74) is 3.27. The second kappa shape index (κ2) is 12.7. The maximum atomic E-state index is 5.93. The molecule has 2 aromatic carbocycles. The van der Waals surface area contributed by atoms with Gasteiger partial charge in [-0.05, 0) is 61.1 Å². The van der Waals surface area contributed by atoms with E-state index in [0.717, 1.165) is 40.7 Å². The molecule has 0 bridgehead atoms. The van der Waals surface area contributed by atoms with E-state index in [1.807, 2.05) is 54.6 Å². The van der Waals surface area contributed by atoms with Gasteiger partial charge in [-0.15, -0.1) is 0 Å². The highest BCUT2D eigenvalue weighted by molar-refractivity contribution is 5.62. The number of rotatable bonds is 13. The Morgan fingerprint density at radius 3 is 2.50 bits per heavy atom. The Morgan fingerprint density at radius 1 is 0.906 bits per heavy atom. The third-order valence-electron chi connectivity index (χ3n) is 5.71. The molecule has 0 saturated carbocycles. The number of hydrogen-bond acceptors (Lipinski definition) is 4. The Balaban J connectivity index is 1.51. The van der Waals surface area contributed by atoms with Crippen molar-refractivity contribution < 1.29 is 9.47 Å². The third-order valence-corrected chi connectivity index (χ3v) is 5.71. The minimum Gasteiger partial charge on any atom is -0.489 e. The predicted molar refractivity (Wildman–Crippen MR) is 133 cm³/mol. The van der Waals surface area contributed by atoms with Gasteiger partial charge in [0.15, 0.2) is 0 Å². The summed E-state index contributed by atoms with van der Waals surface area (Å²) in [6.07, 6.45) is 6.11. The predicted octanol–water partition coefficient (Wildman–Crippen LogP) is 7.70. The van der Waals surface area contributed by atoms with Crippen molar-refractivity contribution in [3.8, 4) is 11.6 Å². The quantitative estimate of drug-likeness (QED) is 0.281. The van der Waals surface area contributed by atoms with Gasteiger partial charge in [-0.1, -0.05) is 69.5 Å². The number of benzene rings is 2. The van der Waals surface area contributed by atoms with Crippen molar-refractivity contribution >= 4 is 11.5 Å². The first-order valence-corrected chi connectivity index (χ1v) is 11.8. The number of nitrogens with zero attached hydrogens (tertiary/aromatic N) is 1. The SMILES string of the molecule is CCCC(CC)CCCOc1cccc(Nc2ccc(OCc3ccccc3)cc2C)n1. The van der Waals surface area contributed by atoms with Crippen LogP contribution in [-0.2, 0) is 6.61 Å². The molecule has 0 spiro atoms. The number of aromatic nitrogens is 1. The first kappa shape index (κ1) is 23.6. The van der Waals surface area contributed by atoms with Crippen LogP contribution in [0.5, 0.6) is 11.6 Å². The summed E-state index contributed by atoms with van der Waals surface area (Å²) in [6, 6.07) is 22.1. The monoisotopic (exact) mass is 432 g/mol. The van der Waals surface area contributed by atoms with Crippen LogP contribution in [0.3, 0.4) is 0 Å². The van der Waals surface area contributed by atoms with E-state index in [9.17, 15) is 0 Å². The number of hydrogen-bond donors (Lipinski definition) is 1. The highest BCUT2D eigenvalue weighted by Gasteiger charge is 2.07. The van der Waals surface area contributed by atoms with Crippen LogP contribution < -0.4 is 14.8 Å². The molecule has 0 aliphatic heterocycles. The second-order valence-corrected chi connectivity index (χ2v) is 8.29. The number of ether oxygens (including phenoxy) is 2. The molecule has 1 unspecified atom stereocenters. The Labute approximate surface area is 193 Å². The first-order chi connectivity index (χ1) is 15.7. The molecule has 4 nitrogen and oxygen atoms in total. The standard InChI is InChI=1S/C28H36N2O2/c1-4-11-23(5-2)14-10-19-31-28-16-9-15-27(30-28)29-26-18-17-25(20-22(26)3)32-21-24-12-7-6-8-13-24/h6-9,12-13,15-18,20,23H,4-5,10-11,14,19,21H2,1-3H3,(H,29,30). The molecule has 1 aromatic heterocycles. The van der Waals surface area contributed by atoms with Gasteiger partial charge in [-0.3, -0.25) is 0 Å². The number of pyridine rings is 1. The normalized spacial score (nSPS) is 11.7. The second-order valence-electron chi connectivity index (χ2n) is 8.29. The number of anilines is 2. The highest BCUT2D eigenvalue weighted by Crippen LogP contribution is 2.25. The minimum atomic E-state index is 0.561. The average Bonchev–Trinajstić information content (AvgIpc) is 2.82. The van der Waals surface area contributed by atoms with Crippen LogP contribution >= 0.6 is 0 Å². The Morgan fingerprint density at radius 2 is 1.75 bits per heavy atom. The smallest absolute Gasteiger partial charge is 0.215 e. The van der Waals surface area contributed by atoms with Crippen molar-refractivity contribution in [3.63, 3.8) is 0 Å².